The molecule has 0 spiro atoms. The summed E-state index contributed by atoms with van der Waals surface area (Å²) in [5, 5.41) is 3.71. The predicted molar refractivity (Wildman–Crippen MR) is 79.1 cm³/mol. The Kier molecular flexibility index (Phi) is 4.91. The maximum Gasteiger partial charge on any atom is 0.405 e. The monoisotopic (exact) mass is 341 g/mol. The fourth-order valence-electron chi connectivity index (χ4n) is 1.77. The van der Waals surface area contributed by atoms with Crippen LogP contribution in [0.4, 0.5) is 18.9 Å². The van der Waals surface area contributed by atoms with Crippen LogP contribution in [0.2, 0.25) is 0 Å². The number of anilines is 1. The number of nitrogens with one attached hydrogen (secondary N) is 2. The number of alkyl halides is 3. The molecule has 6 nitrogen and oxygen atoms in total. The minimum absolute atomic E-state index is 0.230. The number of hydrogen-bond acceptors (Lipinski definition) is 4. The Morgan fingerprint density at radius 3 is 2.50 bits per heavy atom. The average molecular weight is 341 g/mol. The number of halogens is 3. The van der Waals surface area contributed by atoms with E-state index in [2.05, 4.69) is 10.3 Å². The highest BCUT2D eigenvalue weighted by Gasteiger charge is 2.29. The van der Waals surface area contributed by atoms with E-state index in [0.717, 1.165) is 0 Å². The highest BCUT2D eigenvalue weighted by Crippen LogP contribution is 2.24. The smallest absolute Gasteiger partial charge is 0.405 e. The van der Waals surface area contributed by atoms with Crippen molar-refractivity contribution in [3.63, 3.8) is 0 Å². The van der Waals surface area contributed by atoms with Gasteiger partial charge in [-0.3, -0.25) is 9.59 Å². The third kappa shape index (κ3) is 4.58. The van der Waals surface area contributed by atoms with E-state index < -0.39 is 24.5 Å². The number of nitrogens with zero attached hydrogens (tertiary/aromatic N) is 1. The summed E-state index contributed by atoms with van der Waals surface area (Å²) < 4.78 is 41.5. The number of carbonyl (C=O) groups is 2. The number of oxazole rings is 1. The lowest BCUT2D eigenvalue weighted by atomic mass is 10.2. The molecule has 1 heterocycles. The summed E-state index contributed by atoms with van der Waals surface area (Å²) >= 11 is 0. The van der Waals surface area contributed by atoms with Gasteiger partial charge in [0, 0.05) is 11.3 Å². The molecule has 9 heteroatoms. The van der Waals surface area contributed by atoms with Gasteiger partial charge >= 0.3 is 18.0 Å². The Hall–Kier alpha value is -2.84. The van der Waals surface area contributed by atoms with Gasteiger partial charge < -0.3 is 15.1 Å². The lowest BCUT2D eigenvalue weighted by molar-refractivity contribution is -0.144. The van der Waals surface area contributed by atoms with E-state index in [-0.39, 0.29) is 5.69 Å². The Labute approximate surface area is 135 Å². The van der Waals surface area contributed by atoms with E-state index in [0.29, 0.717) is 22.9 Å². The van der Waals surface area contributed by atoms with Crippen LogP contribution in [-0.4, -0.2) is 29.5 Å². The van der Waals surface area contributed by atoms with Gasteiger partial charge in [0.25, 0.3) is 0 Å². The molecule has 24 heavy (non-hydrogen) atoms. The molecule has 2 rings (SSSR count). The highest BCUT2D eigenvalue weighted by atomic mass is 19.4. The summed E-state index contributed by atoms with van der Waals surface area (Å²) in [5.41, 5.74) is 1.50. The minimum Gasteiger partial charge on any atom is -0.441 e. The van der Waals surface area contributed by atoms with Crippen molar-refractivity contribution in [1.29, 1.82) is 0 Å². The molecule has 2 aromatic rings. The zero-order valence-corrected chi connectivity index (χ0v) is 12.8. The Morgan fingerprint density at radius 1 is 1.21 bits per heavy atom. The lowest BCUT2D eigenvalue weighted by Gasteiger charge is -2.09. The van der Waals surface area contributed by atoms with Crippen LogP contribution < -0.4 is 10.6 Å². The van der Waals surface area contributed by atoms with Crippen LogP contribution in [0, 0.1) is 13.8 Å². The molecule has 0 fully saturated rings. The quantitative estimate of drug-likeness (QED) is 0.841. The number of hydrogen-bond donors (Lipinski definition) is 2. The van der Waals surface area contributed by atoms with Gasteiger partial charge in [-0.2, -0.15) is 13.2 Å². The number of rotatable bonds is 3. The number of aromatic nitrogens is 1. The topological polar surface area (TPSA) is 84.2 Å². The standard InChI is InChI=1S/C15H14F3N3O3/c1-8-9(2)24-14(20-8)10-4-3-5-11(6-10)21-13(23)12(22)19-7-15(16,17)18/h3-6H,7H2,1-2H3,(H,19,22)(H,21,23). The first kappa shape index (κ1) is 17.5. The molecule has 2 amide bonds. The summed E-state index contributed by atoms with van der Waals surface area (Å²) in [6.07, 6.45) is -4.59. The molecule has 0 radical (unpaired) electrons. The molecule has 0 atom stereocenters. The zero-order chi connectivity index (χ0) is 17.9. The van der Waals surface area contributed by atoms with Gasteiger partial charge in [-0.25, -0.2) is 4.98 Å². The van der Waals surface area contributed by atoms with Crippen LogP contribution in [-0.2, 0) is 9.59 Å². The van der Waals surface area contributed by atoms with Crippen molar-refractivity contribution in [3.8, 4) is 11.5 Å². The van der Waals surface area contributed by atoms with E-state index in [1.54, 1.807) is 26.0 Å². The number of aryl methyl sites for hydroxylation is 2. The average Bonchev–Trinajstić information content (AvgIpc) is 2.84. The maximum atomic E-state index is 12.0. The second-order valence-corrected chi connectivity index (χ2v) is 4.99. The SMILES string of the molecule is Cc1nc(-c2cccc(NC(=O)C(=O)NCC(F)(F)F)c2)oc1C. The van der Waals surface area contributed by atoms with Crippen molar-refractivity contribution in [1.82, 2.24) is 10.3 Å². The summed E-state index contributed by atoms with van der Waals surface area (Å²) in [5.74, 6) is -1.59. The fraction of sp³-hybridized carbons (Fsp3) is 0.267. The van der Waals surface area contributed by atoms with Crippen LogP contribution in [0.25, 0.3) is 11.5 Å². The fourth-order valence-corrected chi connectivity index (χ4v) is 1.77. The van der Waals surface area contributed by atoms with Crippen molar-refractivity contribution < 1.29 is 27.2 Å². The molecule has 128 valence electrons. The van der Waals surface area contributed by atoms with Crippen molar-refractivity contribution in [2.75, 3.05) is 11.9 Å². The van der Waals surface area contributed by atoms with Crippen molar-refractivity contribution in [3.05, 3.63) is 35.7 Å². The second kappa shape index (κ2) is 6.73. The van der Waals surface area contributed by atoms with Crippen LogP contribution >= 0.6 is 0 Å². The maximum absolute atomic E-state index is 12.0. The van der Waals surface area contributed by atoms with Gasteiger partial charge in [-0.05, 0) is 32.0 Å². The third-order valence-electron chi connectivity index (χ3n) is 3.05. The van der Waals surface area contributed by atoms with E-state index >= 15 is 0 Å². The second-order valence-electron chi connectivity index (χ2n) is 4.99. The molecule has 0 aliphatic heterocycles. The predicted octanol–water partition coefficient (Wildman–Crippen LogP) is 2.58. The van der Waals surface area contributed by atoms with E-state index in [1.165, 1.54) is 17.4 Å². The van der Waals surface area contributed by atoms with Gasteiger partial charge in [-0.1, -0.05) is 6.07 Å². The van der Waals surface area contributed by atoms with Crippen molar-refractivity contribution in [2.45, 2.75) is 20.0 Å². The molecular formula is C15H14F3N3O3. The van der Waals surface area contributed by atoms with Gasteiger partial charge in [-0.15, -0.1) is 0 Å². The molecule has 0 saturated heterocycles. The molecule has 0 saturated carbocycles. The van der Waals surface area contributed by atoms with Gasteiger partial charge in [0.05, 0.1) is 5.69 Å². The summed E-state index contributed by atoms with van der Waals surface area (Å²) in [6, 6.07) is 6.26. The zero-order valence-electron chi connectivity index (χ0n) is 12.8. The van der Waals surface area contributed by atoms with Crippen LogP contribution in [0.5, 0.6) is 0 Å². The van der Waals surface area contributed by atoms with Gasteiger partial charge in [0.1, 0.15) is 12.3 Å². The molecule has 2 N–H and O–H groups in total. The number of benzene rings is 1. The Bertz CT molecular complexity index is 749. The molecule has 0 unspecified atom stereocenters. The summed E-state index contributed by atoms with van der Waals surface area (Å²) in [4.78, 5) is 27.2. The third-order valence-corrected chi connectivity index (χ3v) is 3.05. The molecule has 1 aromatic heterocycles. The van der Waals surface area contributed by atoms with Crippen molar-refractivity contribution in [2.24, 2.45) is 0 Å². The van der Waals surface area contributed by atoms with Crippen molar-refractivity contribution >= 4 is 17.5 Å². The molecular weight excluding hydrogens is 327 g/mol. The lowest BCUT2D eigenvalue weighted by Crippen LogP contribution is -2.40. The normalized spacial score (nSPS) is 11.2. The van der Waals surface area contributed by atoms with E-state index in [1.807, 2.05) is 0 Å². The highest BCUT2D eigenvalue weighted by molar-refractivity contribution is 6.39. The molecule has 0 bridgehead atoms. The summed E-state index contributed by atoms with van der Waals surface area (Å²) in [6.45, 7) is 1.95. The van der Waals surface area contributed by atoms with E-state index in [9.17, 15) is 22.8 Å². The van der Waals surface area contributed by atoms with E-state index in [4.69, 9.17) is 4.42 Å². The largest absolute Gasteiger partial charge is 0.441 e. The first-order valence-corrected chi connectivity index (χ1v) is 6.86. The number of carbonyl (C=O) groups excluding carboxylic acids is 2. The Balaban J connectivity index is 2.06. The first-order valence-electron chi connectivity index (χ1n) is 6.86. The minimum atomic E-state index is -4.59. The summed E-state index contributed by atoms with van der Waals surface area (Å²) in [7, 11) is 0. The molecule has 1 aromatic carbocycles. The molecule has 0 aliphatic rings. The molecule has 0 aliphatic carbocycles. The van der Waals surface area contributed by atoms with Crippen LogP contribution in [0.1, 0.15) is 11.5 Å². The van der Waals surface area contributed by atoms with Gasteiger partial charge in [0.15, 0.2) is 0 Å². The van der Waals surface area contributed by atoms with Gasteiger partial charge in [0.2, 0.25) is 5.89 Å². The number of amides is 2. The Morgan fingerprint density at radius 2 is 1.92 bits per heavy atom. The van der Waals surface area contributed by atoms with Crippen LogP contribution in [0.15, 0.2) is 28.7 Å². The first-order chi connectivity index (χ1) is 11.2. The van der Waals surface area contributed by atoms with Crippen LogP contribution in [0.3, 0.4) is 0 Å².